The molecule has 0 spiro atoms. The van der Waals surface area contributed by atoms with Crippen LogP contribution in [0.3, 0.4) is 0 Å². The monoisotopic (exact) mass is 421 g/mol. The van der Waals surface area contributed by atoms with Gasteiger partial charge in [0.1, 0.15) is 5.82 Å². The van der Waals surface area contributed by atoms with Gasteiger partial charge in [-0.25, -0.2) is 12.8 Å². The molecule has 2 aromatic carbocycles. The van der Waals surface area contributed by atoms with E-state index in [1.54, 1.807) is 4.90 Å². The number of likely N-dealkylation sites (N-methyl/N-ethyl adjacent to an activating group) is 2. The molecule has 2 aromatic rings. The molecule has 0 saturated heterocycles. The first-order valence-electron chi connectivity index (χ1n) is 9.10. The molecule has 0 bridgehead atoms. The number of nitrogens with one attached hydrogen (secondary N) is 1. The molecular weight excluding hydrogens is 397 g/mol. The van der Waals surface area contributed by atoms with Crippen molar-refractivity contribution in [1.29, 1.82) is 0 Å². The zero-order valence-corrected chi connectivity index (χ0v) is 17.4. The second-order valence-electron chi connectivity index (χ2n) is 6.34. The Morgan fingerprint density at radius 2 is 1.69 bits per heavy atom. The molecule has 0 heterocycles. The second kappa shape index (κ2) is 9.51. The minimum absolute atomic E-state index is 0.108. The molecule has 0 aliphatic carbocycles. The number of anilines is 1. The number of halogens is 1. The summed E-state index contributed by atoms with van der Waals surface area (Å²) < 4.78 is 41.1. The van der Waals surface area contributed by atoms with Crippen LogP contribution in [0.4, 0.5) is 10.1 Å². The van der Waals surface area contributed by atoms with Crippen LogP contribution in [0.25, 0.3) is 0 Å². The normalized spacial score (nSPS) is 11.0. The number of rotatable bonds is 8. The number of carbonyl (C=O) groups excluding carboxylic acids is 2. The number of benzene rings is 2. The molecule has 0 aliphatic rings. The summed E-state index contributed by atoms with van der Waals surface area (Å²) in [5.74, 6) is -1.40. The van der Waals surface area contributed by atoms with Gasteiger partial charge in [-0.1, -0.05) is 18.2 Å². The molecule has 7 nitrogen and oxygen atoms in total. The molecule has 0 radical (unpaired) electrons. The topological polar surface area (TPSA) is 86.8 Å². The molecule has 0 atom stereocenters. The van der Waals surface area contributed by atoms with Crippen LogP contribution in [0.1, 0.15) is 24.2 Å². The Morgan fingerprint density at radius 3 is 2.31 bits per heavy atom. The molecule has 0 aromatic heterocycles. The van der Waals surface area contributed by atoms with Gasteiger partial charge >= 0.3 is 0 Å². The molecule has 2 amide bonds. The third-order valence-corrected chi connectivity index (χ3v) is 5.71. The minimum Gasteiger partial charge on any atom is -0.342 e. The summed E-state index contributed by atoms with van der Waals surface area (Å²) in [6.45, 7) is 4.64. The van der Waals surface area contributed by atoms with Gasteiger partial charge in [-0.15, -0.1) is 0 Å². The number of hydrogen-bond donors (Lipinski definition) is 1. The number of sulfonamides is 1. The summed E-state index contributed by atoms with van der Waals surface area (Å²) in [6.07, 6.45) is 0. The fourth-order valence-electron chi connectivity index (χ4n) is 2.72. The standard InChI is InChI=1S/C20H24FN3O4S/c1-4-24(5-2)19(25)14-23(3)20(26)15-9-8-10-16(13-15)29(27,28)22-18-12-7-6-11-17(18)21/h6-13,22H,4-5,14H2,1-3H3. The van der Waals surface area contributed by atoms with E-state index in [-0.39, 0.29) is 28.6 Å². The van der Waals surface area contributed by atoms with Gasteiger partial charge in [0.25, 0.3) is 15.9 Å². The summed E-state index contributed by atoms with van der Waals surface area (Å²) in [4.78, 5) is 27.5. The van der Waals surface area contributed by atoms with E-state index in [2.05, 4.69) is 4.72 Å². The summed E-state index contributed by atoms with van der Waals surface area (Å²) in [6, 6.07) is 10.8. The zero-order chi connectivity index (χ0) is 21.6. The van der Waals surface area contributed by atoms with E-state index in [9.17, 15) is 22.4 Å². The molecule has 1 N–H and O–H groups in total. The van der Waals surface area contributed by atoms with Crippen LogP contribution in [0.15, 0.2) is 53.4 Å². The molecule has 156 valence electrons. The Labute approximate surface area is 170 Å². The van der Waals surface area contributed by atoms with Gasteiger partial charge in [-0.05, 0) is 44.2 Å². The summed E-state index contributed by atoms with van der Waals surface area (Å²) >= 11 is 0. The second-order valence-corrected chi connectivity index (χ2v) is 8.02. The lowest BCUT2D eigenvalue weighted by Gasteiger charge is -2.23. The number of nitrogens with zero attached hydrogens (tertiary/aromatic N) is 2. The molecule has 0 aliphatic heterocycles. The highest BCUT2D eigenvalue weighted by Crippen LogP contribution is 2.20. The lowest BCUT2D eigenvalue weighted by molar-refractivity contribution is -0.131. The SMILES string of the molecule is CCN(CC)C(=O)CN(C)C(=O)c1cccc(S(=O)(=O)Nc2ccccc2F)c1. The maximum Gasteiger partial charge on any atom is 0.262 e. The predicted octanol–water partition coefficient (Wildman–Crippen LogP) is 2.57. The number of hydrogen-bond acceptors (Lipinski definition) is 4. The van der Waals surface area contributed by atoms with Crippen LogP contribution < -0.4 is 4.72 Å². The Hall–Kier alpha value is -2.94. The van der Waals surface area contributed by atoms with Crippen LogP contribution in [0.2, 0.25) is 0 Å². The molecule has 0 unspecified atom stereocenters. The lowest BCUT2D eigenvalue weighted by Crippen LogP contribution is -2.41. The van der Waals surface area contributed by atoms with Gasteiger partial charge in [0, 0.05) is 25.7 Å². The fourth-order valence-corrected chi connectivity index (χ4v) is 3.83. The van der Waals surface area contributed by atoms with E-state index < -0.39 is 21.7 Å². The van der Waals surface area contributed by atoms with Gasteiger partial charge in [0.2, 0.25) is 5.91 Å². The van der Waals surface area contributed by atoms with Crippen molar-refractivity contribution < 1.29 is 22.4 Å². The van der Waals surface area contributed by atoms with Gasteiger partial charge in [0.05, 0.1) is 17.1 Å². The minimum atomic E-state index is -4.10. The maximum absolute atomic E-state index is 13.8. The van der Waals surface area contributed by atoms with E-state index in [0.717, 1.165) is 6.07 Å². The van der Waals surface area contributed by atoms with E-state index in [0.29, 0.717) is 13.1 Å². The van der Waals surface area contributed by atoms with Crippen molar-refractivity contribution in [3.8, 4) is 0 Å². The van der Waals surface area contributed by atoms with Gasteiger partial charge in [-0.3, -0.25) is 14.3 Å². The highest BCUT2D eigenvalue weighted by Gasteiger charge is 2.21. The largest absolute Gasteiger partial charge is 0.342 e. The van der Waals surface area contributed by atoms with Crippen molar-refractivity contribution in [1.82, 2.24) is 9.80 Å². The van der Waals surface area contributed by atoms with Crippen LogP contribution in [-0.4, -0.2) is 56.7 Å². The van der Waals surface area contributed by atoms with E-state index in [1.807, 2.05) is 13.8 Å². The van der Waals surface area contributed by atoms with Crippen LogP contribution >= 0.6 is 0 Å². The van der Waals surface area contributed by atoms with Crippen molar-refractivity contribution in [3.05, 3.63) is 59.9 Å². The van der Waals surface area contributed by atoms with Crippen molar-refractivity contribution in [3.63, 3.8) is 0 Å². The molecule has 29 heavy (non-hydrogen) atoms. The van der Waals surface area contributed by atoms with E-state index in [1.165, 1.54) is 54.4 Å². The predicted molar refractivity (Wildman–Crippen MR) is 109 cm³/mol. The third kappa shape index (κ3) is 5.54. The van der Waals surface area contributed by atoms with Gasteiger partial charge in [0.15, 0.2) is 0 Å². The van der Waals surface area contributed by atoms with E-state index >= 15 is 0 Å². The van der Waals surface area contributed by atoms with Crippen molar-refractivity contribution in [2.75, 3.05) is 31.4 Å². The number of carbonyl (C=O) groups is 2. The van der Waals surface area contributed by atoms with Crippen molar-refractivity contribution in [2.45, 2.75) is 18.7 Å². The molecule has 0 saturated carbocycles. The zero-order valence-electron chi connectivity index (χ0n) is 16.6. The first-order chi connectivity index (χ1) is 13.7. The smallest absolute Gasteiger partial charge is 0.262 e. The average molecular weight is 421 g/mol. The molecule has 0 fully saturated rings. The number of para-hydroxylation sites is 1. The molecule has 2 rings (SSSR count). The quantitative estimate of drug-likeness (QED) is 0.710. The summed E-state index contributed by atoms with van der Waals surface area (Å²) in [5.41, 5.74) is -0.0811. The first kappa shape index (κ1) is 22.4. The summed E-state index contributed by atoms with van der Waals surface area (Å²) in [7, 11) is -2.62. The van der Waals surface area contributed by atoms with Gasteiger partial charge < -0.3 is 9.80 Å². The van der Waals surface area contributed by atoms with Crippen molar-refractivity contribution >= 4 is 27.5 Å². The van der Waals surface area contributed by atoms with Crippen molar-refractivity contribution in [2.24, 2.45) is 0 Å². The Morgan fingerprint density at radius 1 is 1.03 bits per heavy atom. The highest BCUT2D eigenvalue weighted by molar-refractivity contribution is 7.92. The molecule has 9 heteroatoms. The first-order valence-corrected chi connectivity index (χ1v) is 10.6. The summed E-state index contributed by atoms with van der Waals surface area (Å²) in [5, 5.41) is 0. The van der Waals surface area contributed by atoms with Crippen LogP contribution in [0.5, 0.6) is 0 Å². The third-order valence-electron chi connectivity index (χ3n) is 4.34. The van der Waals surface area contributed by atoms with Gasteiger partial charge in [-0.2, -0.15) is 0 Å². The van der Waals surface area contributed by atoms with Crippen LogP contribution in [-0.2, 0) is 14.8 Å². The lowest BCUT2D eigenvalue weighted by atomic mass is 10.2. The maximum atomic E-state index is 13.8. The fraction of sp³-hybridized carbons (Fsp3) is 0.300. The number of amides is 2. The molecular formula is C20H24FN3O4S. The average Bonchev–Trinajstić information content (AvgIpc) is 2.70. The Balaban J connectivity index is 2.20. The van der Waals surface area contributed by atoms with Crippen LogP contribution in [0, 0.1) is 5.82 Å². The Bertz CT molecular complexity index is 991. The highest BCUT2D eigenvalue weighted by atomic mass is 32.2. The van der Waals surface area contributed by atoms with E-state index in [4.69, 9.17) is 0 Å². The Kier molecular flexibility index (Phi) is 7.33.